The van der Waals surface area contributed by atoms with Crippen LogP contribution in [0.25, 0.3) is 0 Å². The molecular weight excluding hydrogens is 224 g/mol. The maximum atomic E-state index is 5.94. The summed E-state index contributed by atoms with van der Waals surface area (Å²) < 4.78 is 4.99. The first-order valence-electron chi connectivity index (χ1n) is 6.46. The van der Waals surface area contributed by atoms with Gasteiger partial charge in [-0.25, -0.2) is 0 Å². The van der Waals surface area contributed by atoms with Gasteiger partial charge < -0.3 is 10.3 Å². The van der Waals surface area contributed by atoms with Crippen LogP contribution in [0.2, 0.25) is 0 Å². The van der Waals surface area contributed by atoms with Crippen LogP contribution in [-0.4, -0.2) is 5.16 Å². The standard InChI is InChI=1S/C15H18N2O/c1-9-4-3-5-11-6-7-12(10(2)14(9)11)15-13(16)8-18-17-15/h3-5,8,10,12H,6-7,16H2,1-2H3. The van der Waals surface area contributed by atoms with E-state index in [1.165, 1.54) is 23.0 Å². The van der Waals surface area contributed by atoms with Crippen molar-refractivity contribution < 1.29 is 4.52 Å². The van der Waals surface area contributed by atoms with Crippen molar-refractivity contribution in [2.24, 2.45) is 0 Å². The molecule has 0 spiro atoms. The maximum absolute atomic E-state index is 5.94. The number of hydrogen-bond donors (Lipinski definition) is 1. The van der Waals surface area contributed by atoms with Crippen molar-refractivity contribution in [3.05, 3.63) is 46.8 Å². The molecule has 3 heteroatoms. The first-order valence-corrected chi connectivity index (χ1v) is 6.46. The van der Waals surface area contributed by atoms with Crippen LogP contribution in [0, 0.1) is 6.92 Å². The summed E-state index contributed by atoms with van der Waals surface area (Å²) in [5, 5.41) is 4.09. The molecular formula is C15H18N2O. The fourth-order valence-corrected chi connectivity index (χ4v) is 3.28. The van der Waals surface area contributed by atoms with E-state index >= 15 is 0 Å². The Morgan fingerprint density at radius 1 is 1.39 bits per heavy atom. The number of nitrogens with zero attached hydrogens (tertiary/aromatic N) is 1. The average Bonchev–Trinajstić information content (AvgIpc) is 2.76. The molecule has 1 heterocycles. The Labute approximate surface area is 107 Å². The Hall–Kier alpha value is -1.77. The molecule has 3 rings (SSSR count). The quantitative estimate of drug-likeness (QED) is 0.833. The summed E-state index contributed by atoms with van der Waals surface area (Å²) in [5.41, 5.74) is 11.9. The monoisotopic (exact) mass is 242 g/mol. The van der Waals surface area contributed by atoms with Gasteiger partial charge in [-0.3, -0.25) is 0 Å². The van der Waals surface area contributed by atoms with Crippen molar-refractivity contribution in [2.45, 2.75) is 38.5 Å². The molecule has 0 saturated carbocycles. The molecule has 1 aliphatic rings. The Balaban J connectivity index is 2.04. The molecule has 0 bridgehead atoms. The third-order valence-corrected chi connectivity index (χ3v) is 4.18. The van der Waals surface area contributed by atoms with Gasteiger partial charge in [0.15, 0.2) is 0 Å². The van der Waals surface area contributed by atoms with Crippen molar-refractivity contribution in [2.75, 3.05) is 5.73 Å². The molecule has 2 N–H and O–H groups in total. The summed E-state index contributed by atoms with van der Waals surface area (Å²) in [5.74, 6) is 0.819. The first kappa shape index (κ1) is 11.3. The number of aryl methyl sites for hydroxylation is 2. The summed E-state index contributed by atoms with van der Waals surface area (Å²) in [6.45, 7) is 4.45. The smallest absolute Gasteiger partial charge is 0.147 e. The van der Waals surface area contributed by atoms with E-state index in [9.17, 15) is 0 Å². The predicted molar refractivity (Wildman–Crippen MR) is 71.6 cm³/mol. The van der Waals surface area contributed by atoms with E-state index < -0.39 is 0 Å². The van der Waals surface area contributed by atoms with E-state index in [-0.39, 0.29) is 0 Å². The Morgan fingerprint density at radius 3 is 2.94 bits per heavy atom. The summed E-state index contributed by atoms with van der Waals surface area (Å²) in [6, 6.07) is 6.57. The Bertz CT molecular complexity index is 574. The molecule has 1 aromatic carbocycles. The predicted octanol–water partition coefficient (Wildman–Crippen LogP) is 3.40. The number of hydrogen-bond acceptors (Lipinski definition) is 3. The van der Waals surface area contributed by atoms with Gasteiger partial charge >= 0.3 is 0 Å². The van der Waals surface area contributed by atoms with Crippen molar-refractivity contribution in [3.8, 4) is 0 Å². The molecule has 0 aliphatic heterocycles. The van der Waals surface area contributed by atoms with Crippen LogP contribution in [0.5, 0.6) is 0 Å². The van der Waals surface area contributed by atoms with Gasteiger partial charge in [-0.05, 0) is 42.4 Å². The van der Waals surface area contributed by atoms with Crippen molar-refractivity contribution in [3.63, 3.8) is 0 Å². The molecule has 0 fully saturated rings. The minimum Gasteiger partial charge on any atom is -0.395 e. The minimum absolute atomic E-state index is 0.373. The normalized spacial score (nSPS) is 22.8. The number of rotatable bonds is 1. The lowest BCUT2D eigenvalue weighted by Crippen LogP contribution is -2.19. The SMILES string of the molecule is Cc1cccc2c1C(C)C(c1nocc1N)CC2. The van der Waals surface area contributed by atoms with Crippen LogP contribution in [0.3, 0.4) is 0 Å². The van der Waals surface area contributed by atoms with Crippen molar-refractivity contribution in [1.82, 2.24) is 5.16 Å². The fourth-order valence-electron chi connectivity index (χ4n) is 3.28. The van der Waals surface area contributed by atoms with E-state index in [0.29, 0.717) is 17.5 Å². The van der Waals surface area contributed by atoms with Crippen LogP contribution < -0.4 is 5.73 Å². The van der Waals surface area contributed by atoms with E-state index in [0.717, 1.165) is 18.5 Å². The lowest BCUT2D eigenvalue weighted by atomic mass is 9.73. The summed E-state index contributed by atoms with van der Waals surface area (Å²) in [4.78, 5) is 0. The molecule has 0 radical (unpaired) electrons. The minimum atomic E-state index is 0.373. The zero-order valence-corrected chi connectivity index (χ0v) is 10.8. The summed E-state index contributed by atoms with van der Waals surface area (Å²) >= 11 is 0. The number of anilines is 1. The topological polar surface area (TPSA) is 52.0 Å². The lowest BCUT2D eigenvalue weighted by molar-refractivity contribution is 0.389. The summed E-state index contributed by atoms with van der Waals surface area (Å²) in [6.07, 6.45) is 3.72. The molecule has 94 valence electrons. The zero-order valence-electron chi connectivity index (χ0n) is 10.8. The van der Waals surface area contributed by atoms with E-state index in [2.05, 4.69) is 37.2 Å². The third kappa shape index (κ3) is 1.62. The molecule has 1 aliphatic carbocycles. The maximum Gasteiger partial charge on any atom is 0.147 e. The highest BCUT2D eigenvalue weighted by molar-refractivity contribution is 5.47. The molecule has 2 atom stereocenters. The van der Waals surface area contributed by atoms with Crippen LogP contribution in [-0.2, 0) is 6.42 Å². The zero-order chi connectivity index (χ0) is 12.7. The van der Waals surface area contributed by atoms with Crippen LogP contribution in [0.15, 0.2) is 29.0 Å². The fraction of sp³-hybridized carbons (Fsp3) is 0.400. The van der Waals surface area contributed by atoms with Gasteiger partial charge in [0.1, 0.15) is 12.0 Å². The Morgan fingerprint density at radius 2 is 2.22 bits per heavy atom. The molecule has 18 heavy (non-hydrogen) atoms. The highest BCUT2D eigenvalue weighted by atomic mass is 16.5. The lowest BCUT2D eigenvalue weighted by Gasteiger charge is -2.31. The van der Waals surface area contributed by atoms with Gasteiger partial charge in [-0.15, -0.1) is 0 Å². The van der Waals surface area contributed by atoms with Crippen molar-refractivity contribution >= 4 is 5.69 Å². The number of aromatic nitrogens is 1. The van der Waals surface area contributed by atoms with E-state index in [4.69, 9.17) is 10.3 Å². The second-order valence-corrected chi connectivity index (χ2v) is 5.24. The highest BCUT2D eigenvalue weighted by Crippen LogP contribution is 2.44. The second kappa shape index (κ2) is 4.16. The van der Waals surface area contributed by atoms with Gasteiger partial charge in [-0.1, -0.05) is 30.3 Å². The van der Waals surface area contributed by atoms with E-state index in [1.54, 1.807) is 0 Å². The van der Waals surface area contributed by atoms with Crippen LogP contribution in [0.4, 0.5) is 5.69 Å². The second-order valence-electron chi connectivity index (χ2n) is 5.24. The summed E-state index contributed by atoms with van der Waals surface area (Å²) in [7, 11) is 0. The number of fused-ring (bicyclic) bond motifs is 1. The van der Waals surface area contributed by atoms with Gasteiger partial charge in [0, 0.05) is 5.92 Å². The van der Waals surface area contributed by atoms with Crippen molar-refractivity contribution in [1.29, 1.82) is 0 Å². The molecule has 2 unspecified atom stereocenters. The van der Waals surface area contributed by atoms with Crippen LogP contribution >= 0.6 is 0 Å². The van der Waals surface area contributed by atoms with Gasteiger partial charge in [0.2, 0.25) is 0 Å². The number of nitrogen functional groups attached to an aromatic ring is 1. The third-order valence-electron chi connectivity index (χ3n) is 4.18. The van der Waals surface area contributed by atoms with Gasteiger partial charge in [-0.2, -0.15) is 0 Å². The Kier molecular flexibility index (Phi) is 2.62. The molecule has 3 nitrogen and oxygen atoms in total. The van der Waals surface area contributed by atoms with Gasteiger partial charge in [0.25, 0.3) is 0 Å². The highest BCUT2D eigenvalue weighted by Gasteiger charge is 2.31. The largest absolute Gasteiger partial charge is 0.395 e. The van der Waals surface area contributed by atoms with Crippen LogP contribution in [0.1, 0.15) is 47.6 Å². The first-order chi connectivity index (χ1) is 8.68. The average molecular weight is 242 g/mol. The van der Waals surface area contributed by atoms with E-state index in [1.807, 2.05) is 0 Å². The molecule has 1 aromatic heterocycles. The molecule has 0 saturated heterocycles. The number of benzene rings is 1. The molecule has 2 aromatic rings. The number of nitrogens with two attached hydrogens (primary N) is 1. The van der Waals surface area contributed by atoms with Gasteiger partial charge in [0.05, 0.1) is 5.69 Å². The molecule has 0 amide bonds.